The molecule has 0 radical (unpaired) electrons. The summed E-state index contributed by atoms with van der Waals surface area (Å²) < 4.78 is 0. The SMILES string of the molecule is C=C(CC(O)c1ccccc1)C(C)O. The standard InChI is InChI=1S/C12H16O2/c1-9(10(2)13)8-12(14)11-6-4-3-5-7-11/h3-7,10,12-14H,1,8H2,2H3. The Kier molecular flexibility index (Phi) is 3.86. The molecule has 76 valence electrons. The van der Waals surface area contributed by atoms with Crippen molar-refractivity contribution in [1.29, 1.82) is 0 Å². The van der Waals surface area contributed by atoms with Crippen molar-refractivity contribution in [2.75, 3.05) is 0 Å². The van der Waals surface area contributed by atoms with E-state index in [2.05, 4.69) is 6.58 Å². The first kappa shape index (κ1) is 11.0. The molecule has 2 unspecified atom stereocenters. The van der Waals surface area contributed by atoms with Crippen molar-refractivity contribution >= 4 is 0 Å². The molecule has 2 nitrogen and oxygen atoms in total. The predicted molar refractivity (Wildman–Crippen MR) is 56.8 cm³/mol. The van der Waals surface area contributed by atoms with Gasteiger partial charge in [-0.05, 0) is 18.1 Å². The monoisotopic (exact) mass is 192 g/mol. The lowest BCUT2D eigenvalue weighted by molar-refractivity contribution is 0.159. The van der Waals surface area contributed by atoms with Crippen LogP contribution in [0.1, 0.15) is 25.0 Å². The third-order valence-corrected chi connectivity index (χ3v) is 2.23. The van der Waals surface area contributed by atoms with Crippen molar-refractivity contribution in [3.05, 3.63) is 48.0 Å². The number of hydrogen-bond acceptors (Lipinski definition) is 2. The second-order valence-electron chi connectivity index (χ2n) is 3.46. The highest BCUT2D eigenvalue weighted by atomic mass is 16.3. The molecule has 1 aromatic rings. The maximum Gasteiger partial charge on any atom is 0.0828 e. The summed E-state index contributed by atoms with van der Waals surface area (Å²) in [4.78, 5) is 0. The number of rotatable bonds is 4. The Labute approximate surface area is 84.5 Å². The second kappa shape index (κ2) is 4.94. The molecule has 0 fully saturated rings. The van der Waals surface area contributed by atoms with Crippen LogP contribution in [0.4, 0.5) is 0 Å². The average Bonchev–Trinajstić information content (AvgIpc) is 2.19. The first-order valence-electron chi connectivity index (χ1n) is 4.70. The Morgan fingerprint density at radius 1 is 1.29 bits per heavy atom. The summed E-state index contributed by atoms with van der Waals surface area (Å²) in [5, 5.41) is 19.0. The molecule has 2 heteroatoms. The van der Waals surface area contributed by atoms with E-state index in [0.717, 1.165) is 5.56 Å². The van der Waals surface area contributed by atoms with Gasteiger partial charge in [-0.1, -0.05) is 36.9 Å². The molecule has 0 aliphatic rings. The Bertz CT molecular complexity index is 290. The van der Waals surface area contributed by atoms with E-state index in [1.807, 2.05) is 30.3 Å². The van der Waals surface area contributed by atoms with Crippen LogP contribution in [0, 0.1) is 0 Å². The van der Waals surface area contributed by atoms with E-state index in [-0.39, 0.29) is 0 Å². The van der Waals surface area contributed by atoms with Gasteiger partial charge in [0.25, 0.3) is 0 Å². The van der Waals surface area contributed by atoms with Crippen molar-refractivity contribution in [3.8, 4) is 0 Å². The first-order valence-corrected chi connectivity index (χ1v) is 4.70. The van der Waals surface area contributed by atoms with Gasteiger partial charge >= 0.3 is 0 Å². The van der Waals surface area contributed by atoms with Gasteiger partial charge in [0, 0.05) is 6.42 Å². The molecule has 0 saturated heterocycles. The molecule has 2 atom stereocenters. The largest absolute Gasteiger partial charge is 0.389 e. The van der Waals surface area contributed by atoms with Gasteiger partial charge in [-0.3, -0.25) is 0 Å². The minimum absolute atomic E-state index is 0.404. The van der Waals surface area contributed by atoms with Gasteiger partial charge in [0.1, 0.15) is 0 Å². The van der Waals surface area contributed by atoms with E-state index >= 15 is 0 Å². The van der Waals surface area contributed by atoms with Crippen LogP contribution in [0.3, 0.4) is 0 Å². The molecule has 0 aromatic heterocycles. The molecule has 0 bridgehead atoms. The number of aliphatic hydroxyl groups excluding tert-OH is 2. The number of aliphatic hydroxyl groups is 2. The third kappa shape index (κ3) is 2.98. The molecular weight excluding hydrogens is 176 g/mol. The van der Waals surface area contributed by atoms with Gasteiger partial charge in [-0.2, -0.15) is 0 Å². The second-order valence-corrected chi connectivity index (χ2v) is 3.46. The summed E-state index contributed by atoms with van der Waals surface area (Å²) in [6.45, 7) is 5.36. The van der Waals surface area contributed by atoms with E-state index in [4.69, 9.17) is 0 Å². The van der Waals surface area contributed by atoms with Crippen LogP contribution in [-0.4, -0.2) is 16.3 Å². The van der Waals surface area contributed by atoms with Crippen LogP contribution in [0.25, 0.3) is 0 Å². The summed E-state index contributed by atoms with van der Waals surface area (Å²) >= 11 is 0. The molecule has 0 spiro atoms. The van der Waals surface area contributed by atoms with Crippen molar-refractivity contribution < 1.29 is 10.2 Å². The maximum absolute atomic E-state index is 9.77. The van der Waals surface area contributed by atoms with E-state index in [9.17, 15) is 10.2 Å². The predicted octanol–water partition coefficient (Wildman–Crippen LogP) is 2.05. The van der Waals surface area contributed by atoms with E-state index < -0.39 is 12.2 Å². The summed E-state index contributed by atoms with van der Waals surface area (Å²) in [6, 6.07) is 9.38. The highest BCUT2D eigenvalue weighted by Crippen LogP contribution is 2.21. The molecule has 0 aliphatic carbocycles. The average molecular weight is 192 g/mol. The van der Waals surface area contributed by atoms with Gasteiger partial charge in [0.15, 0.2) is 0 Å². The van der Waals surface area contributed by atoms with Gasteiger partial charge < -0.3 is 10.2 Å². The molecule has 1 aromatic carbocycles. The lowest BCUT2D eigenvalue weighted by Crippen LogP contribution is -2.08. The number of benzene rings is 1. The van der Waals surface area contributed by atoms with Crippen molar-refractivity contribution in [1.82, 2.24) is 0 Å². The van der Waals surface area contributed by atoms with Gasteiger partial charge in [0.2, 0.25) is 0 Å². The highest BCUT2D eigenvalue weighted by molar-refractivity contribution is 5.19. The fourth-order valence-electron chi connectivity index (χ4n) is 1.21. The van der Waals surface area contributed by atoms with Crippen molar-refractivity contribution in [2.24, 2.45) is 0 Å². The molecular formula is C12H16O2. The molecule has 14 heavy (non-hydrogen) atoms. The lowest BCUT2D eigenvalue weighted by Gasteiger charge is -2.14. The Morgan fingerprint density at radius 3 is 2.36 bits per heavy atom. The summed E-state index contributed by atoms with van der Waals surface area (Å²) in [6.07, 6.45) is -0.728. The third-order valence-electron chi connectivity index (χ3n) is 2.23. The van der Waals surface area contributed by atoms with Crippen LogP contribution in [0.15, 0.2) is 42.5 Å². The quantitative estimate of drug-likeness (QED) is 0.717. The highest BCUT2D eigenvalue weighted by Gasteiger charge is 2.11. The summed E-state index contributed by atoms with van der Waals surface area (Å²) in [7, 11) is 0. The Balaban J connectivity index is 2.59. The van der Waals surface area contributed by atoms with Crippen molar-refractivity contribution in [3.63, 3.8) is 0 Å². The molecule has 0 aliphatic heterocycles. The van der Waals surface area contributed by atoms with Gasteiger partial charge in [-0.15, -0.1) is 0 Å². The smallest absolute Gasteiger partial charge is 0.0828 e. The molecule has 0 heterocycles. The van der Waals surface area contributed by atoms with Gasteiger partial charge in [-0.25, -0.2) is 0 Å². The molecule has 0 amide bonds. The summed E-state index contributed by atoms with van der Waals surface area (Å²) in [5.41, 5.74) is 1.51. The fourth-order valence-corrected chi connectivity index (χ4v) is 1.21. The maximum atomic E-state index is 9.77. The fraction of sp³-hybridized carbons (Fsp3) is 0.333. The van der Waals surface area contributed by atoms with Crippen LogP contribution in [0.2, 0.25) is 0 Å². The Hall–Kier alpha value is -1.12. The topological polar surface area (TPSA) is 40.5 Å². The lowest BCUT2D eigenvalue weighted by atomic mass is 10.00. The van der Waals surface area contributed by atoms with E-state index in [1.54, 1.807) is 6.92 Å². The Morgan fingerprint density at radius 2 is 1.86 bits per heavy atom. The van der Waals surface area contributed by atoms with Crippen LogP contribution < -0.4 is 0 Å². The van der Waals surface area contributed by atoms with E-state index in [1.165, 1.54) is 0 Å². The minimum atomic E-state index is -0.571. The molecule has 0 saturated carbocycles. The van der Waals surface area contributed by atoms with Crippen LogP contribution in [0.5, 0.6) is 0 Å². The van der Waals surface area contributed by atoms with Gasteiger partial charge in [0.05, 0.1) is 12.2 Å². The molecule has 1 rings (SSSR count). The van der Waals surface area contributed by atoms with Crippen molar-refractivity contribution in [2.45, 2.75) is 25.6 Å². The zero-order valence-corrected chi connectivity index (χ0v) is 8.35. The first-order chi connectivity index (χ1) is 6.61. The zero-order valence-electron chi connectivity index (χ0n) is 8.35. The summed E-state index contributed by atoms with van der Waals surface area (Å²) in [5.74, 6) is 0. The van der Waals surface area contributed by atoms with Crippen LogP contribution >= 0.6 is 0 Å². The minimum Gasteiger partial charge on any atom is -0.389 e. The normalized spacial score (nSPS) is 14.8. The number of hydrogen-bond donors (Lipinski definition) is 2. The molecule has 2 N–H and O–H groups in total. The van der Waals surface area contributed by atoms with Crippen LogP contribution in [-0.2, 0) is 0 Å². The van der Waals surface area contributed by atoms with E-state index in [0.29, 0.717) is 12.0 Å². The zero-order chi connectivity index (χ0) is 10.6.